The van der Waals surface area contributed by atoms with Gasteiger partial charge in [0.25, 0.3) is 0 Å². The lowest BCUT2D eigenvalue weighted by molar-refractivity contribution is -0.127. The van der Waals surface area contributed by atoms with Crippen molar-refractivity contribution in [3.05, 3.63) is 81.5 Å². The van der Waals surface area contributed by atoms with E-state index in [4.69, 9.17) is 11.6 Å². The predicted octanol–water partition coefficient (Wildman–Crippen LogP) is 5.59. The van der Waals surface area contributed by atoms with Crippen LogP contribution in [0.1, 0.15) is 36.7 Å². The van der Waals surface area contributed by atoms with Gasteiger partial charge < -0.3 is 9.88 Å². The molecular formula is C23H23ClN2O. The molecular weight excluding hydrogens is 356 g/mol. The molecule has 1 N–H and O–H groups in total. The zero-order valence-corrected chi connectivity index (χ0v) is 16.6. The summed E-state index contributed by atoms with van der Waals surface area (Å²) in [5.41, 5.74) is 6.64. The Morgan fingerprint density at radius 3 is 2.48 bits per heavy atom. The molecule has 4 heteroatoms. The number of nitrogens with one attached hydrogen (secondary N) is 1. The van der Waals surface area contributed by atoms with Gasteiger partial charge in [0.05, 0.1) is 6.04 Å². The van der Waals surface area contributed by atoms with E-state index >= 15 is 0 Å². The number of carbonyl (C=O) groups excluding carboxylic acids is 1. The van der Waals surface area contributed by atoms with Crippen molar-refractivity contribution in [2.24, 2.45) is 0 Å². The second kappa shape index (κ2) is 6.90. The van der Waals surface area contributed by atoms with Crippen LogP contribution in [0.4, 0.5) is 0 Å². The van der Waals surface area contributed by atoms with E-state index in [-0.39, 0.29) is 11.9 Å². The van der Waals surface area contributed by atoms with Crippen LogP contribution in [-0.2, 0) is 11.2 Å². The highest BCUT2D eigenvalue weighted by atomic mass is 35.5. The third-order valence-electron chi connectivity index (χ3n) is 5.67. The third-order valence-corrected chi connectivity index (χ3v) is 5.92. The number of carbonyl (C=O) groups is 1. The second-order valence-electron chi connectivity index (χ2n) is 7.29. The van der Waals surface area contributed by atoms with Gasteiger partial charge in [0.2, 0.25) is 5.91 Å². The summed E-state index contributed by atoms with van der Waals surface area (Å²) in [5, 5.41) is 1.93. The largest absolute Gasteiger partial charge is 0.358 e. The highest BCUT2D eigenvalue weighted by Crippen LogP contribution is 2.41. The van der Waals surface area contributed by atoms with E-state index in [1.54, 1.807) is 0 Å². The Hall–Kier alpha value is -2.52. The maximum absolute atomic E-state index is 13.0. The van der Waals surface area contributed by atoms with Crippen LogP contribution in [0.5, 0.6) is 0 Å². The smallest absolute Gasteiger partial charge is 0.250 e. The highest BCUT2D eigenvalue weighted by Gasteiger charge is 2.37. The van der Waals surface area contributed by atoms with E-state index in [1.165, 1.54) is 16.5 Å². The first-order chi connectivity index (χ1) is 13.0. The summed E-state index contributed by atoms with van der Waals surface area (Å²) in [5.74, 6) is 0.135. The Kier molecular flexibility index (Phi) is 4.56. The molecule has 4 rings (SSSR count). The molecule has 138 valence electrons. The molecule has 2 heterocycles. The first-order valence-corrected chi connectivity index (χ1v) is 9.65. The van der Waals surface area contributed by atoms with Crippen LogP contribution in [0.25, 0.3) is 10.9 Å². The lowest BCUT2D eigenvalue weighted by Crippen LogP contribution is -2.32. The van der Waals surface area contributed by atoms with Crippen molar-refractivity contribution in [3.63, 3.8) is 0 Å². The summed E-state index contributed by atoms with van der Waals surface area (Å²) in [6.07, 6.45) is 0.807. The molecule has 0 unspecified atom stereocenters. The number of nitrogens with zero attached hydrogens (tertiary/aromatic N) is 1. The summed E-state index contributed by atoms with van der Waals surface area (Å²) in [7, 11) is 0. The predicted molar refractivity (Wildman–Crippen MR) is 111 cm³/mol. The number of halogens is 1. The van der Waals surface area contributed by atoms with Gasteiger partial charge in [-0.25, -0.2) is 0 Å². The Labute approximate surface area is 164 Å². The van der Waals surface area contributed by atoms with Crippen LogP contribution < -0.4 is 0 Å². The molecule has 1 aromatic heterocycles. The maximum atomic E-state index is 13.0. The highest BCUT2D eigenvalue weighted by molar-refractivity contribution is 6.30. The minimum Gasteiger partial charge on any atom is -0.358 e. The topological polar surface area (TPSA) is 36.1 Å². The summed E-state index contributed by atoms with van der Waals surface area (Å²) in [6, 6.07) is 16.2. The number of rotatable bonds is 4. The SMILES string of the molecule is CC1=C(C)[C@@H](c2c(C)[nH]c3ccccc23)N(CCc2ccc(Cl)cc2)C1=O. The number of hydrogen-bond donors (Lipinski definition) is 1. The van der Waals surface area contributed by atoms with Crippen molar-refractivity contribution < 1.29 is 4.79 Å². The molecule has 1 aliphatic heterocycles. The molecule has 1 amide bonds. The number of para-hydroxylation sites is 1. The van der Waals surface area contributed by atoms with E-state index < -0.39 is 0 Å². The molecule has 0 aliphatic carbocycles. The van der Waals surface area contributed by atoms with Gasteiger partial charge in [-0.05, 0) is 56.5 Å². The Morgan fingerprint density at radius 2 is 1.74 bits per heavy atom. The molecule has 1 aliphatic rings. The minimum atomic E-state index is -0.0130. The molecule has 0 radical (unpaired) electrons. The quantitative estimate of drug-likeness (QED) is 0.630. The fraction of sp³-hybridized carbons (Fsp3) is 0.261. The summed E-state index contributed by atoms with van der Waals surface area (Å²) in [4.78, 5) is 18.5. The molecule has 0 saturated heterocycles. The van der Waals surface area contributed by atoms with Crippen molar-refractivity contribution >= 4 is 28.4 Å². The van der Waals surface area contributed by atoms with Gasteiger partial charge in [-0.1, -0.05) is 41.9 Å². The first kappa shape index (κ1) is 17.9. The fourth-order valence-corrected chi connectivity index (χ4v) is 4.22. The monoisotopic (exact) mass is 378 g/mol. The molecule has 0 spiro atoms. The Bertz CT molecular complexity index is 1050. The van der Waals surface area contributed by atoms with Crippen LogP contribution in [0.15, 0.2) is 59.7 Å². The molecule has 3 nitrogen and oxygen atoms in total. The summed E-state index contributed by atoms with van der Waals surface area (Å²) < 4.78 is 0. The molecule has 0 bridgehead atoms. The van der Waals surface area contributed by atoms with E-state index in [0.29, 0.717) is 6.54 Å². The number of fused-ring (bicyclic) bond motifs is 1. The number of hydrogen-bond acceptors (Lipinski definition) is 1. The van der Waals surface area contributed by atoms with Crippen molar-refractivity contribution in [1.82, 2.24) is 9.88 Å². The van der Waals surface area contributed by atoms with Gasteiger partial charge in [0.15, 0.2) is 0 Å². The van der Waals surface area contributed by atoms with Crippen LogP contribution in [0.2, 0.25) is 5.02 Å². The van der Waals surface area contributed by atoms with Crippen LogP contribution in [0.3, 0.4) is 0 Å². The van der Waals surface area contributed by atoms with Gasteiger partial charge in [-0.3, -0.25) is 4.79 Å². The lowest BCUT2D eigenvalue weighted by atomic mass is 9.96. The van der Waals surface area contributed by atoms with Crippen molar-refractivity contribution in [1.29, 1.82) is 0 Å². The number of H-pyrrole nitrogens is 1. The third kappa shape index (κ3) is 3.06. The number of aryl methyl sites for hydroxylation is 1. The molecule has 0 saturated carbocycles. The second-order valence-corrected chi connectivity index (χ2v) is 7.73. The zero-order chi connectivity index (χ0) is 19.1. The van der Waals surface area contributed by atoms with E-state index in [2.05, 4.69) is 37.0 Å². The van der Waals surface area contributed by atoms with E-state index in [1.807, 2.05) is 42.2 Å². The fourth-order valence-electron chi connectivity index (χ4n) is 4.09. The van der Waals surface area contributed by atoms with Gasteiger partial charge in [0.1, 0.15) is 0 Å². The number of aromatic nitrogens is 1. The first-order valence-electron chi connectivity index (χ1n) is 9.27. The molecule has 1 atom stereocenters. The minimum absolute atomic E-state index is 0.0130. The molecule has 0 fully saturated rings. The van der Waals surface area contributed by atoms with Crippen molar-refractivity contribution in [2.45, 2.75) is 33.2 Å². The Morgan fingerprint density at radius 1 is 1.04 bits per heavy atom. The average Bonchev–Trinajstić information content (AvgIpc) is 3.09. The van der Waals surface area contributed by atoms with Crippen molar-refractivity contribution in [3.8, 4) is 0 Å². The van der Waals surface area contributed by atoms with Gasteiger partial charge in [0, 0.05) is 39.3 Å². The standard InChI is InChI=1S/C23H23ClN2O/c1-14-15(2)23(27)26(13-12-17-8-10-18(24)11-9-17)22(14)21-16(3)25-20-7-5-4-6-19(20)21/h4-11,22,25H,12-13H2,1-3H3/t22-/m0/s1. The number of benzene rings is 2. The van der Waals surface area contributed by atoms with Gasteiger partial charge >= 0.3 is 0 Å². The van der Waals surface area contributed by atoms with Gasteiger partial charge in [-0.2, -0.15) is 0 Å². The van der Waals surface area contributed by atoms with Crippen molar-refractivity contribution in [2.75, 3.05) is 6.54 Å². The average molecular weight is 379 g/mol. The van der Waals surface area contributed by atoms with Crippen LogP contribution in [0, 0.1) is 6.92 Å². The van der Waals surface area contributed by atoms with Gasteiger partial charge in [-0.15, -0.1) is 0 Å². The zero-order valence-electron chi connectivity index (χ0n) is 15.8. The lowest BCUT2D eigenvalue weighted by Gasteiger charge is -2.27. The van der Waals surface area contributed by atoms with Crippen LogP contribution in [-0.4, -0.2) is 22.3 Å². The van der Waals surface area contributed by atoms with E-state index in [0.717, 1.165) is 33.8 Å². The normalized spacial score (nSPS) is 17.4. The van der Waals surface area contributed by atoms with E-state index in [9.17, 15) is 4.79 Å². The maximum Gasteiger partial charge on any atom is 0.250 e. The summed E-state index contributed by atoms with van der Waals surface area (Å²) >= 11 is 5.99. The Balaban J connectivity index is 1.70. The molecule has 27 heavy (non-hydrogen) atoms. The van der Waals surface area contributed by atoms with Crippen LogP contribution >= 0.6 is 11.6 Å². The number of aromatic amines is 1. The molecule has 2 aromatic carbocycles. The molecule has 3 aromatic rings. The summed E-state index contributed by atoms with van der Waals surface area (Å²) in [6.45, 7) is 6.80. The number of amides is 1.